The monoisotopic (exact) mass is 331 g/mol. The van der Waals surface area contributed by atoms with Crippen molar-refractivity contribution in [2.24, 2.45) is 0 Å². The Labute approximate surface area is 141 Å². The fourth-order valence-electron chi connectivity index (χ4n) is 3.68. The Morgan fingerprint density at radius 1 is 1.33 bits per heavy atom. The van der Waals surface area contributed by atoms with Crippen LogP contribution in [0.5, 0.6) is 0 Å². The Balaban J connectivity index is 1.94. The van der Waals surface area contributed by atoms with Gasteiger partial charge in [-0.15, -0.1) is 0 Å². The van der Waals surface area contributed by atoms with Gasteiger partial charge in [0.2, 0.25) is 0 Å². The van der Waals surface area contributed by atoms with Crippen molar-refractivity contribution in [2.45, 2.75) is 45.1 Å². The first-order valence-electron chi connectivity index (χ1n) is 8.80. The predicted octanol–water partition coefficient (Wildman–Crippen LogP) is 2.29. The standard InChI is InChI=1S/C18H25N3O3/c1-2-9-20(10-11-22)17(23)13-7-8-16-15(12-13)19-18(24)21(16)14-5-3-4-6-14/h7-8,12,14,22H,2-6,9-11H2,1H3,(H,19,24). The minimum atomic E-state index is -0.109. The van der Waals surface area contributed by atoms with Crippen molar-refractivity contribution in [3.05, 3.63) is 34.2 Å². The highest BCUT2D eigenvalue weighted by Crippen LogP contribution is 2.30. The third kappa shape index (κ3) is 3.11. The number of hydrogen-bond acceptors (Lipinski definition) is 3. The summed E-state index contributed by atoms with van der Waals surface area (Å²) in [5.41, 5.74) is 2.03. The van der Waals surface area contributed by atoms with E-state index in [0.29, 0.717) is 24.2 Å². The maximum atomic E-state index is 12.6. The van der Waals surface area contributed by atoms with Gasteiger partial charge in [-0.3, -0.25) is 9.36 Å². The largest absolute Gasteiger partial charge is 0.395 e. The van der Waals surface area contributed by atoms with Gasteiger partial charge in [-0.05, 0) is 37.5 Å². The molecule has 1 aromatic carbocycles. The Morgan fingerprint density at radius 2 is 2.08 bits per heavy atom. The number of hydrogen-bond donors (Lipinski definition) is 2. The van der Waals surface area contributed by atoms with Crippen molar-refractivity contribution in [3.8, 4) is 0 Å². The predicted molar refractivity (Wildman–Crippen MR) is 93.3 cm³/mol. The Morgan fingerprint density at radius 3 is 2.75 bits per heavy atom. The summed E-state index contributed by atoms with van der Waals surface area (Å²) < 4.78 is 1.84. The molecule has 3 rings (SSSR count). The van der Waals surface area contributed by atoms with E-state index < -0.39 is 0 Å². The van der Waals surface area contributed by atoms with Crippen molar-refractivity contribution >= 4 is 16.9 Å². The number of rotatable bonds is 6. The molecule has 2 N–H and O–H groups in total. The van der Waals surface area contributed by atoms with E-state index in [1.807, 2.05) is 17.6 Å². The van der Waals surface area contributed by atoms with E-state index in [-0.39, 0.29) is 24.2 Å². The molecule has 1 aliphatic rings. The molecular weight excluding hydrogens is 306 g/mol. The van der Waals surface area contributed by atoms with Gasteiger partial charge in [0, 0.05) is 24.7 Å². The van der Waals surface area contributed by atoms with E-state index in [1.54, 1.807) is 17.0 Å². The molecule has 2 aromatic rings. The van der Waals surface area contributed by atoms with Crippen LogP contribution in [0.2, 0.25) is 0 Å². The molecule has 1 heterocycles. The number of aliphatic hydroxyl groups excluding tert-OH is 1. The lowest BCUT2D eigenvalue weighted by Crippen LogP contribution is -2.34. The average Bonchev–Trinajstić information content (AvgIpc) is 3.19. The molecule has 0 bridgehead atoms. The highest BCUT2D eigenvalue weighted by Gasteiger charge is 2.22. The highest BCUT2D eigenvalue weighted by atomic mass is 16.3. The molecule has 0 atom stereocenters. The maximum absolute atomic E-state index is 12.6. The number of nitrogens with one attached hydrogen (secondary N) is 1. The first-order valence-corrected chi connectivity index (χ1v) is 8.80. The van der Waals surface area contributed by atoms with Gasteiger partial charge in [0.1, 0.15) is 0 Å². The number of carbonyl (C=O) groups is 1. The molecular formula is C18H25N3O3. The van der Waals surface area contributed by atoms with Gasteiger partial charge in [-0.25, -0.2) is 4.79 Å². The van der Waals surface area contributed by atoms with Gasteiger partial charge < -0.3 is 15.0 Å². The fraction of sp³-hybridized carbons (Fsp3) is 0.556. The summed E-state index contributed by atoms with van der Waals surface area (Å²) in [6.07, 6.45) is 5.23. The van der Waals surface area contributed by atoms with Crippen LogP contribution in [0.1, 0.15) is 55.4 Å². The average molecular weight is 331 g/mol. The van der Waals surface area contributed by atoms with Gasteiger partial charge in [-0.1, -0.05) is 19.8 Å². The summed E-state index contributed by atoms with van der Waals surface area (Å²) >= 11 is 0. The van der Waals surface area contributed by atoms with Crippen molar-refractivity contribution in [1.82, 2.24) is 14.5 Å². The van der Waals surface area contributed by atoms with E-state index in [0.717, 1.165) is 37.6 Å². The number of aliphatic hydroxyl groups is 1. The minimum Gasteiger partial charge on any atom is -0.395 e. The van der Waals surface area contributed by atoms with Gasteiger partial charge in [0.05, 0.1) is 17.6 Å². The van der Waals surface area contributed by atoms with Crippen LogP contribution in [-0.4, -0.2) is 45.2 Å². The summed E-state index contributed by atoms with van der Waals surface area (Å²) in [5, 5.41) is 9.15. The second-order valence-electron chi connectivity index (χ2n) is 6.49. The minimum absolute atomic E-state index is 0.0527. The van der Waals surface area contributed by atoms with Crippen molar-refractivity contribution < 1.29 is 9.90 Å². The Kier molecular flexibility index (Phi) is 5.04. The lowest BCUT2D eigenvalue weighted by molar-refractivity contribution is 0.0722. The van der Waals surface area contributed by atoms with Crippen LogP contribution in [0.4, 0.5) is 0 Å². The summed E-state index contributed by atoms with van der Waals surface area (Å²) in [7, 11) is 0. The summed E-state index contributed by atoms with van der Waals surface area (Å²) in [6, 6.07) is 5.66. The molecule has 1 saturated carbocycles. The quantitative estimate of drug-likeness (QED) is 0.852. The van der Waals surface area contributed by atoms with Crippen molar-refractivity contribution in [2.75, 3.05) is 19.7 Å². The first kappa shape index (κ1) is 16.8. The van der Waals surface area contributed by atoms with E-state index in [9.17, 15) is 9.59 Å². The SMILES string of the molecule is CCCN(CCO)C(=O)c1ccc2c(c1)[nH]c(=O)n2C1CCCC1. The number of H-pyrrole nitrogens is 1. The normalized spacial score (nSPS) is 15.2. The number of amides is 1. The van der Waals surface area contributed by atoms with E-state index in [4.69, 9.17) is 5.11 Å². The first-order chi connectivity index (χ1) is 11.7. The molecule has 130 valence electrons. The van der Waals surface area contributed by atoms with Crippen LogP contribution in [0.15, 0.2) is 23.0 Å². The van der Waals surface area contributed by atoms with Crippen molar-refractivity contribution in [3.63, 3.8) is 0 Å². The molecule has 1 amide bonds. The number of aromatic nitrogens is 2. The number of carbonyl (C=O) groups excluding carboxylic acids is 1. The molecule has 1 aliphatic carbocycles. The molecule has 6 nitrogen and oxygen atoms in total. The molecule has 0 radical (unpaired) electrons. The molecule has 1 fully saturated rings. The Hall–Kier alpha value is -2.08. The highest BCUT2D eigenvalue weighted by molar-refractivity contribution is 5.97. The molecule has 1 aromatic heterocycles. The number of fused-ring (bicyclic) bond motifs is 1. The smallest absolute Gasteiger partial charge is 0.326 e. The van der Waals surface area contributed by atoms with Crippen LogP contribution in [0.3, 0.4) is 0 Å². The van der Waals surface area contributed by atoms with E-state index in [2.05, 4.69) is 4.98 Å². The zero-order valence-corrected chi connectivity index (χ0v) is 14.1. The fourth-order valence-corrected chi connectivity index (χ4v) is 3.68. The second kappa shape index (κ2) is 7.21. The van der Waals surface area contributed by atoms with Crippen LogP contribution < -0.4 is 5.69 Å². The van der Waals surface area contributed by atoms with E-state index in [1.165, 1.54) is 0 Å². The number of nitrogens with zero attached hydrogens (tertiary/aromatic N) is 2. The Bertz CT molecular complexity index is 765. The van der Waals surface area contributed by atoms with Gasteiger partial charge in [-0.2, -0.15) is 0 Å². The lowest BCUT2D eigenvalue weighted by Gasteiger charge is -2.21. The maximum Gasteiger partial charge on any atom is 0.326 e. The van der Waals surface area contributed by atoms with Gasteiger partial charge >= 0.3 is 5.69 Å². The summed E-state index contributed by atoms with van der Waals surface area (Å²) in [5.74, 6) is -0.109. The lowest BCUT2D eigenvalue weighted by atomic mass is 10.1. The van der Waals surface area contributed by atoms with Crippen LogP contribution >= 0.6 is 0 Å². The molecule has 0 spiro atoms. The summed E-state index contributed by atoms with van der Waals surface area (Å²) in [4.78, 5) is 29.5. The zero-order valence-electron chi connectivity index (χ0n) is 14.1. The zero-order chi connectivity index (χ0) is 17.1. The topological polar surface area (TPSA) is 78.3 Å². The van der Waals surface area contributed by atoms with Crippen molar-refractivity contribution in [1.29, 1.82) is 0 Å². The van der Waals surface area contributed by atoms with Crippen LogP contribution in [0.25, 0.3) is 11.0 Å². The molecule has 0 unspecified atom stereocenters. The second-order valence-corrected chi connectivity index (χ2v) is 6.49. The van der Waals surface area contributed by atoms with Crippen LogP contribution in [-0.2, 0) is 0 Å². The molecule has 0 saturated heterocycles. The van der Waals surface area contributed by atoms with Gasteiger partial charge in [0.15, 0.2) is 0 Å². The van der Waals surface area contributed by atoms with E-state index >= 15 is 0 Å². The number of aromatic amines is 1. The molecule has 0 aliphatic heterocycles. The van der Waals surface area contributed by atoms with Gasteiger partial charge in [0.25, 0.3) is 5.91 Å². The molecule has 24 heavy (non-hydrogen) atoms. The molecule has 6 heteroatoms. The third-order valence-corrected chi connectivity index (χ3v) is 4.80. The third-order valence-electron chi connectivity index (χ3n) is 4.80. The number of imidazole rings is 1. The summed E-state index contributed by atoms with van der Waals surface area (Å²) in [6.45, 7) is 2.88. The van der Waals surface area contributed by atoms with Crippen LogP contribution in [0, 0.1) is 0 Å². The number of benzene rings is 1.